The van der Waals surface area contributed by atoms with Gasteiger partial charge in [-0.15, -0.1) is 0 Å². The molecule has 0 fully saturated rings. The number of carbonyl (C=O) groups is 1. The second-order valence-corrected chi connectivity index (χ2v) is 4.80. The summed E-state index contributed by atoms with van der Waals surface area (Å²) >= 11 is 0. The quantitative estimate of drug-likeness (QED) is 0.904. The zero-order valence-corrected chi connectivity index (χ0v) is 11.6. The Bertz CT molecular complexity index is 570. The third-order valence-corrected chi connectivity index (χ3v) is 2.94. The molecule has 0 aliphatic rings. The molecule has 0 spiro atoms. The molecule has 0 aliphatic heterocycles. The zero-order chi connectivity index (χ0) is 13.8. The van der Waals surface area contributed by atoms with Crippen molar-refractivity contribution in [1.82, 2.24) is 5.32 Å². The topological polar surface area (TPSA) is 42.2 Å². The van der Waals surface area contributed by atoms with Gasteiger partial charge in [-0.1, -0.05) is 26.0 Å². The highest BCUT2D eigenvalue weighted by atomic mass is 16.3. The molecule has 0 unspecified atom stereocenters. The number of amides is 1. The van der Waals surface area contributed by atoms with E-state index in [1.165, 1.54) is 0 Å². The first-order valence-electron chi connectivity index (χ1n) is 6.60. The third-order valence-electron chi connectivity index (χ3n) is 2.94. The lowest BCUT2D eigenvalue weighted by molar-refractivity contribution is 0.0956. The van der Waals surface area contributed by atoms with Gasteiger partial charge in [-0.3, -0.25) is 4.79 Å². The van der Waals surface area contributed by atoms with Crippen LogP contribution in [0.5, 0.6) is 0 Å². The van der Waals surface area contributed by atoms with Gasteiger partial charge in [0.1, 0.15) is 11.5 Å². The normalized spacial score (nSPS) is 10.7. The van der Waals surface area contributed by atoms with E-state index in [2.05, 4.69) is 19.2 Å². The van der Waals surface area contributed by atoms with E-state index in [0.29, 0.717) is 18.0 Å². The zero-order valence-electron chi connectivity index (χ0n) is 11.6. The summed E-state index contributed by atoms with van der Waals surface area (Å²) in [7, 11) is 0. The molecule has 3 heteroatoms. The molecule has 100 valence electrons. The Kier molecular flexibility index (Phi) is 4.05. The van der Waals surface area contributed by atoms with Crippen molar-refractivity contribution >= 4 is 5.91 Å². The lowest BCUT2D eigenvalue weighted by atomic mass is 10.1. The van der Waals surface area contributed by atoms with Crippen molar-refractivity contribution in [2.45, 2.75) is 26.7 Å². The first-order valence-corrected chi connectivity index (χ1v) is 6.60. The van der Waals surface area contributed by atoms with Crippen LogP contribution in [0, 0.1) is 0 Å². The van der Waals surface area contributed by atoms with Gasteiger partial charge in [-0.05, 0) is 31.2 Å². The Labute approximate surface area is 113 Å². The van der Waals surface area contributed by atoms with Gasteiger partial charge in [-0.2, -0.15) is 0 Å². The van der Waals surface area contributed by atoms with E-state index in [4.69, 9.17) is 4.42 Å². The van der Waals surface area contributed by atoms with Crippen molar-refractivity contribution in [2.75, 3.05) is 6.54 Å². The van der Waals surface area contributed by atoms with Crippen LogP contribution in [-0.4, -0.2) is 12.5 Å². The van der Waals surface area contributed by atoms with Gasteiger partial charge in [0, 0.05) is 23.6 Å². The van der Waals surface area contributed by atoms with Crippen LogP contribution >= 0.6 is 0 Å². The van der Waals surface area contributed by atoms with Crippen molar-refractivity contribution in [3.05, 3.63) is 47.7 Å². The molecule has 0 bridgehead atoms. The largest absolute Gasteiger partial charge is 0.461 e. The van der Waals surface area contributed by atoms with Crippen molar-refractivity contribution < 1.29 is 9.21 Å². The molecule has 0 radical (unpaired) electrons. The lowest BCUT2D eigenvalue weighted by Gasteiger charge is -2.04. The average Bonchev–Trinajstić information content (AvgIpc) is 2.89. The molecular weight excluding hydrogens is 238 g/mol. The Morgan fingerprint density at radius 2 is 2.05 bits per heavy atom. The predicted molar refractivity (Wildman–Crippen MR) is 76.2 cm³/mol. The third kappa shape index (κ3) is 3.05. The van der Waals surface area contributed by atoms with Crippen molar-refractivity contribution in [3.8, 4) is 11.3 Å². The standard InChI is InChI=1S/C16H19NO2/c1-4-17-16(18)13-7-5-6-12(10-13)15-9-8-14(19-15)11(2)3/h5-11H,4H2,1-3H3,(H,17,18). The first-order chi connectivity index (χ1) is 9.11. The van der Waals surface area contributed by atoms with Crippen LogP contribution in [0.4, 0.5) is 0 Å². The Balaban J connectivity index is 2.29. The monoisotopic (exact) mass is 257 g/mol. The number of benzene rings is 1. The maximum Gasteiger partial charge on any atom is 0.251 e. The molecule has 3 nitrogen and oxygen atoms in total. The van der Waals surface area contributed by atoms with Crippen LogP contribution in [0.15, 0.2) is 40.8 Å². The van der Waals surface area contributed by atoms with Gasteiger partial charge in [0.15, 0.2) is 0 Å². The van der Waals surface area contributed by atoms with Gasteiger partial charge >= 0.3 is 0 Å². The summed E-state index contributed by atoms with van der Waals surface area (Å²) in [5.41, 5.74) is 1.58. The summed E-state index contributed by atoms with van der Waals surface area (Å²) in [5.74, 6) is 2.06. The van der Waals surface area contributed by atoms with E-state index < -0.39 is 0 Å². The molecule has 0 saturated carbocycles. The molecule has 2 rings (SSSR count). The highest BCUT2D eigenvalue weighted by Crippen LogP contribution is 2.26. The van der Waals surface area contributed by atoms with E-state index in [-0.39, 0.29) is 5.91 Å². The van der Waals surface area contributed by atoms with Crippen LogP contribution < -0.4 is 5.32 Å². The molecule has 0 atom stereocenters. The molecule has 1 amide bonds. The minimum Gasteiger partial charge on any atom is -0.461 e. The molecule has 1 N–H and O–H groups in total. The van der Waals surface area contributed by atoms with E-state index in [0.717, 1.165) is 17.1 Å². The maximum absolute atomic E-state index is 11.8. The minimum absolute atomic E-state index is 0.0556. The molecule has 1 aromatic carbocycles. The van der Waals surface area contributed by atoms with Crippen molar-refractivity contribution in [3.63, 3.8) is 0 Å². The second kappa shape index (κ2) is 5.74. The van der Waals surface area contributed by atoms with Gasteiger partial charge in [0.25, 0.3) is 5.91 Å². The first kappa shape index (κ1) is 13.4. The maximum atomic E-state index is 11.8. The van der Waals surface area contributed by atoms with E-state index >= 15 is 0 Å². The molecule has 1 aromatic heterocycles. The van der Waals surface area contributed by atoms with Gasteiger partial charge in [-0.25, -0.2) is 0 Å². The van der Waals surface area contributed by atoms with E-state index in [9.17, 15) is 4.79 Å². The molecule has 0 aliphatic carbocycles. The van der Waals surface area contributed by atoms with E-state index in [1.807, 2.05) is 37.3 Å². The van der Waals surface area contributed by atoms with Gasteiger partial charge < -0.3 is 9.73 Å². The second-order valence-electron chi connectivity index (χ2n) is 4.80. The van der Waals surface area contributed by atoms with Crippen LogP contribution in [-0.2, 0) is 0 Å². The van der Waals surface area contributed by atoms with Crippen LogP contribution in [0.1, 0.15) is 42.8 Å². The number of furan rings is 1. The van der Waals surface area contributed by atoms with Crippen molar-refractivity contribution in [1.29, 1.82) is 0 Å². The Hall–Kier alpha value is -2.03. The molecule has 1 heterocycles. The Morgan fingerprint density at radius 1 is 1.26 bits per heavy atom. The number of carbonyl (C=O) groups excluding carboxylic acids is 1. The van der Waals surface area contributed by atoms with Gasteiger partial charge in [0.2, 0.25) is 0 Å². The minimum atomic E-state index is -0.0556. The summed E-state index contributed by atoms with van der Waals surface area (Å²) in [4.78, 5) is 11.8. The molecular formula is C16H19NO2. The summed E-state index contributed by atoms with van der Waals surface area (Å²) < 4.78 is 5.79. The summed E-state index contributed by atoms with van der Waals surface area (Å²) in [6.07, 6.45) is 0. The fourth-order valence-corrected chi connectivity index (χ4v) is 1.89. The fourth-order valence-electron chi connectivity index (χ4n) is 1.89. The average molecular weight is 257 g/mol. The van der Waals surface area contributed by atoms with Crippen molar-refractivity contribution in [2.24, 2.45) is 0 Å². The number of hydrogen-bond acceptors (Lipinski definition) is 2. The van der Waals surface area contributed by atoms with Crippen LogP contribution in [0.2, 0.25) is 0 Å². The number of rotatable bonds is 4. The lowest BCUT2D eigenvalue weighted by Crippen LogP contribution is -2.22. The van der Waals surface area contributed by atoms with Gasteiger partial charge in [0.05, 0.1) is 0 Å². The fraction of sp³-hybridized carbons (Fsp3) is 0.312. The molecule has 19 heavy (non-hydrogen) atoms. The number of hydrogen-bond donors (Lipinski definition) is 1. The molecule has 2 aromatic rings. The smallest absolute Gasteiger partial charge is 0.251 e. The SMILES string of the molecule is CCNC(=O)c1cccc(-c2ccc(C(C)C)o2)c1. The summed E-state index contributed by atoms with van der Waals surface area (Å²) in [5, 5.41) is 2.79. The predicted octanol–water partition coefficient (Wildman–Crippen LogP) is 3.82. The highest BCUT2D eigenvalue weighted by molar-refractivity contribution is 5.95. The van der Waals surface area contributed by atoms with Crippen LogP contribution in [0.25, 0.3) is 11.3 Å². The molecule has 0 saturated heterocycles. The summed E-state index contributed by atoms with van der Waals surface area (Å²) in [6, 6.07) is 11.4. The number of nitrogens with one attached hydrogen (secondary N) is 1. The van der Waals surface area contributed by atoms with Crippen LogP contribution in [0.3, 0.4) is 0 Å². The van der Waals surface area contributed by atoms with E-state index in [1.54, 1.807) is 6.07 Å². The highest BCUT2D eigenvalue weighted by Gasteiger charge is 2.10. The Morgan fingerprint density at radius 3 is 2.68 bits per heavy atom. The summed E-state index contributed by atoms with van der Waals surface area (Å²) in [6.45, 7) is 6.71.